The van der Waals surface area contributed by atoms with E-state index in [0.717, 1.165) is 25.8 Å². The molecule has 2 atom stereocenters. The molecule has 5 nitrogen and oxygen atoms in total. The Morgan fingerprint density at radius 2 is 2.12 bits per heavy atom. The average molecular weight is 242 g/mol. The third kappa shape index (κ3) is 3.66. The van der Waals surface area contributed by atoms with Gasteiger partial charge in [-0.2, -0.15) is 0 Å². The summed E-state index contributed by atoms with van der Waals surface area (Å²) in [4.78, 5) is 13.6. The van der Waals surface area contributed by atoms with Gasteiger partial charge in [0.1, 0.15) is 0 Å². The van der Waals surface area contributed by atoms with E-state index < -0.39 is 0 Å². The number of nitrogens with one attached hydrogen (secondary N) is 1. The topological polar surface area (TPSA) is 61.8 Å². The summed E-state index contributed by atoms with van der Waals surface area (Å²) in [6.45, 7) is 3.82. The number of aliphatic hydroxyl groups excluding tert-OH is 1. The summed E-state index contributed by atoms with van der Waals surface area (Å²) in [6.07, 6.45) is 2.90. The van der Waals surface area contributed by atoms with Crippen molar-refractivity contribution < 1.29 is 14.6 Å². The number of aliphatic hydroxyl groups is 1. The molecule has 1 saturated carbocycles. The van der Waals surface area contributed by atoms with Crippen molar-refractivity contribution in [3.63, 3.8) is 0 Å². The Kier molecular flexibility index (Phi) is 4.76. The van der Waals surface area contributed by atoms with E-state index in [-0.39, 0.29) is 12.0 Å². The first kappa shape index (κ1) is 12.8. The second-order valence-electron chi connectivity index (χ2n) is 4.88. The lowest BCUT2D eigenvalue weighted by Crippen LogP contribution is -2.45. The molecule has 0 radical (unpaired) electrons. The van der Waals surface area contributed by atoms with E-state index in [1.807, 2.05) is 4.90 Å². The molecule has 2 N–H and O–H groups in total. The molecule has 17 heavy (non-hydrogen) atoms. The number of hydrogen-bond donors (Lipinski definition) is 2. The fourth-order valence-corrected chi connectivity index (χ4v) is 2.54. The van der Waals surface area contributed by atoms with Crippen molar-refractivity contribution >= 4 is 5.91 Å². The second-order valence-corrected chi connectivity index (χ2v) is 4.88. The SMILES string of the molecule is O=C(CNCC1CCCC1O)N1CCOCC1. The number of amides is 1. The van der Waals surface area contributed by atoms with Crippen molar-refractivity contribution in [2.75, 3.05) is 39.4 Å². The monoisotopic (exact) mass is 242 g/mol. The molecule has 1 saturated heterocycles. The number of ether oxygens (including phenoxy) is 1. The van der Waals surface area contributed by atoms with Gasteiger partial charge >= 0.3 is 0 Å². The Labute approximate surface area is 102 Å². The molecule has 0 aromatic rings. The Balaban J connectivity index is 1.62. The van der Waals surface area contributed by atoms with E-state index in [0.29, 0.717) is 38.8 Å². The number of carbonyl (C=O) groups excluding carboxylic acids is 1. The fraction of sp³-hybridized carbons (Fsp3) is 0.917. The molecule has 5 heteroatoms. The molecule has 1 aliphatic carbocycles. The van der Waals surface area contributed by atoms with Gasteiger partial charge in [-0.05, 0) is 18.8 Å². The standard InChI is InChI=1S/C12H22N2O3/c15-11-3-1-2-10(11)8-13-9-12(16)14-4-6-17-7-5-14/h10-11,13,15H,1-9H2. The number of rotatable bonds is 4. The Morgan fingerprint density at radius 1 is 1.35 bits per heavy atom. The zero-order chi connectivity index (χ0) is 12.1. The minimum Gasteiger partial charge on any atom is -0.393 e. The molecule has 0 spiro atoms. The predicted molar refractivity (Wildman–Crippen MR) is 63.6 cm³/mol. The van der Waals surface area contributed by atoms with Crippen LogP contribution in [0, 0.1) is 5.92 Å². The largest absolute Gasteiger partial charge is 0.393 e. The highest BCUT2D eigenvalue weighted by atomic mass is 16.5. The third-order valence-electron chi connectivity index (χ3n) is 3.67. The van der Waals surface area contributed by atoms with Gasteiger partial charge in [0.05, 0.1) is 25.9 Å². The molecular weight excluding hydrogens is 220 g/mol. The lowest BCUT2D eigenvalue weighted by molar-refractivity contribution is -0.134. The van der Waals surface area contributed by atoms with Crippen LogP contribution in [0.3, 0.4) is 0 Å². The Morgan fingerprint density at radius 3 is 2.76 bits per heavy atom. The molecule has 1 amide bonds. The van der Waals surface area contributed by atoms with Crippen LogP contribution in [0.5, 0.6) is 0 Å². The summed E-state index contributed by atoms with van der Waals surface area (Å²) < 4.78 is 5.20. The second kappa shape index (κ2) is 6.33. The summed E-state index contributed by atoms with van der Waals surface area (Å²) in [7, 11) is 0. The highest BCUT2D eigenvalue weighted by Gasteiger charge is 2.25. The summed E-state index contributed by atoms with van der Waals surface area (Å²) in [5, 5.41) is 12.8. The number of hydrogen-bond acceptors (Lipinski definition) is 4. The fourth-order valence-electron chi connectivity index (χ4n) is 2.54. The van der Waals surface area contributed by atoms with Crippen LogP contribution in [0.1, 0.15) is 19.3 Å². The number of carbonyl (C=O) groups is 1. The van der Waals surface area contributed by atoms with Crippen LogP contribution < -0.4 is 5.32 Å². The number of nitrogens with zero attached hydrogens (tertiary/aromatic N) is 1. The van der Waals surface area contributed by atoms with Gasteiger partial charge < -0.3 is 20.1 Å². The molecular formula is C12H22N2O3. The highest BCUT2D eigenvalue weighted by Crippen LogP contribution is 2.24. The van der Waals surface area contributed by atoms with Crippen LogP contribution in [0.4, 0.5) is 0 Å². The maximum Gasteiger partial charge on any atom is 0.236 e. The molecule has 98 valence electrons. The summed E-state index contributed by atoms with van der Waals surface area (Å²) >= 11 is 0. The molecule has 0 aromatic carbocycles. The Bertz CT molecular complexity index is 254. The molecule has 0 aromatic heterocycles. The molecule has 1 heterocycles. The molecule has 1 aliphatic heterocycles. The smallest absolute Gasteiger partial charge is 0.236 e. The molecule has 2 unspecified atom stereocenters. The van der Waals surface area contributed by atoms with Crippen molar-refractivity contribution in [2.24, 2.45) is 5.92 Å². The van der Waals surface area contributed by atoms with Crippen LogP contribution in [-0.4, -0.2) is 61.4 Å². The first-order valence-electron chi connectivity index (χ1n) is 6.51. The van der Waals surface area contributed by atoms with E-state index in [1.54, 1.807) is 0 Å². The molecule has 2 rings (SSSR count). The summed E-state index contributed by atoms with van der Waals surface area (Å²) in [5.41, 5.74) is 0. The average Bonchev–Trinajstić information content (AvgIpc) is 2.76. The van der Waals surface area contributed by atoms with Gasteiger partial charge in [0, 0.05) is 19.6 Å². The lowest BCUT2D eigenvalue weighted by atomic mass is 10.1. The first-order chi connectivity index (χ1) is 8.27. The normalized spacial score (nSPS) is 29.6. The van der Waals surface area contributed by atoms with Crippen molar-refractivity contribution in [1.82, 2.24) is 10.2 Å². The maximum absolute atomic E-state index is 11.8. The van der Waals surface area contributed by atoms with Crippen LogP contribution in [0.2, 0.25) is 0 Å². The van der Waals surface area contributed by atoms with Gasteiger partial charge in [-0.25, -0.2) is 0 Å². The van der Waals surface area contributed by atoms with Gasteiger partial charge in [-0.15, -0.1) is 0 Å². The summed E-state index contributed by atoms with van der Waals surface area (Å²) in [6, 6.07) is 0. The predicted octanol–water partition coefficient (Wildman–Crippen LogP) is -0.404. The number of morpholine rings is 1. The zero-order valence-corrected chi connectivity index (χ0v) is 10.2. The quantitative estimate of drug-likeness (QED) is 0.704. The van der Waals surface area contributed by atoms with Gasteiger partial charge in [-0.1, -0.05) is 6.42 Å². The van der Waals surface area contributed by atoms with E-state index in [2.05, 4.69) is 5.32 Å². The van der Waals surface area contributed by atoms with Crippen LogP contribution >= 0.6 is 0 Å². The van der Waals surface area contributed by atoms with Gasteiger partial charge in [0.15, 0.2) is 0 Å². The van der Waals surface area contributed by atoms with Crippen LogP contribution in [-0.2, 0) is 9.53 Å². The molecule has 2 aliphatic rings. The van der Waals surface area contributed by atoms with Gasteiger partial charge in [0.25, 0.3) is 0 Å². The Hall–Kier alpha value is -0.650. The first-order valence-corrected chi connectivity index (χ1v) is 6.51. The lowest BCUT2D eigenvalue weighted by Gasteiger charge is -2.27. The maximum atomic E-state index is 11.8. The van der Waals surface area contributed by atoms with Gasteiger partial charge in [-0.3, -0.25) is 4.79 Å². The van der Waals surface area contributed by atoms with Gasteiger partial charge in [0.2, 0.25) is 5.91 Å². The highest BCUT2D eigenvalue weighted by molar-refractivity contribution is 5.78. The van der Waals surface area contributed by atoms with Crippen molar-refractivity contribution in [3.8, 4) is 0 Å². The third-order valence-corrected chi connectivity index (χ3v) is 3.67. The van der Waals surface area contributed by atoms with E-state index in [9.17, 15) is 9.90 Å². The van der Waals surface area contributed by atoms with Crippen LogP contribution in [0.25, 0.3) is 0 Å². The molecule has 0 bridgehead atoms. The van der Waals surface area contributed by atoms with E-state index in [4.69, 9.17) is 4.74 Å². The van der Waals surface area contributed by atoms with E-state index >= 15 is 0 Å². The molecule has 2 fully saturated rings. The summed E-state index contributed by atoms with van der Waals surface area (Å²) in [5.74, 6) is 0.466. The zero-order valence-electron chi connectivity index (χ0n) is 10.2. The van der Waals surface area contributed by atoms with Crippen molar-refractivity contribution in [1.29, 1.82) is 0 Å². The van der Waals surface area contributed by atoms with Crippen molar-refractivity contribution in [3.05, 3.63) is 0 Å². The van der Waals surface area contributed by atoms with Crippen molar-refractivity contribution in [2.45, 2.75) is 25.4 Å². The minimum atomic E-state index is -0.180. The minimum absolute atomic E-state index is 0.140. The van der Waals surface area contributed by atoms with Crippen LogP contribution in [0.15, 0.2) is 0 Å². The van der Waals surface area contributed by atoms with E-state index in [1.165, 1.54) is 0 Å².